The van der Waals surface area contributed by atoms with Crippen LogP contribution in [0.15, 0.2) is 36.7 Å². The first-order valence-electron chi connectivity index (χ1n) is 10.8. The van der Waals surface area contributed by atoms with Gasteiger partial charge in [0.1, 0.15) is 23.8 Å². The van der Waals surface area contributed by atoms with Gasteiger partial charge in [0.2, 0.25) is 5.91 Å². The number of nitrogens with zero attached hydrogens (tertiary/aromatic N) is 5. The molecule has 2 aliphatic rings. The Kier molecular flexibility index (Phi) is 6.78. The van der Waals surface area contributed by atoms with Crippen molar-refractivity contribution < 1.29 is 18.0 Å². The van der Waals surface area contributed by atoms with Crippen molar-refractivity contribution in [3.05, 3.63) is 48.0 Å². The lowest BCUT2D eigenvalue weighted by atomic mass is 10.1. The molecule has 0 unspecified atom stereocenters. The Hall–Kier alpha value is -2.88. The number of anilines is 2. The molecular weight excluding hydrogens is 421 g/mol. The van der Waals surface area contributed by atoms with Crippen LogP contribution in [-0.4, -0.2) is 72.5 Å². The number of piperazine rings is 1. The molecule has 2 fully saturated rings. The normalized spacial score (nSPS) is 19.1. The van der Waals surface area contributed by atoms with Crippen LogP contribution >= 0.6 is 0 Å². The van der Waals surface area contributed by atoms with Gasteiger partial charge in [-0.25, -0.2) is 23.1 Å². The van der Waals surface area contributed by atoms with Crippen LogP contribution in [0.5, 0.6) is 0 Å². The molecule has 0 aliphatic carbocycles. The quantitative estimate of drug-likeness (QED) is 0.732. The Morgan fingerprint density at radius 2 is 1.53 bits per heavy atom. The van der Waals surface area contributed by atoms with Gasteiger partial charge in [-0.3, -0.25) is 9.69 Å². The standard InChI is InChI=1S/C22H27F3N6O/c23-18-3-1-17(2-4-18)14-26-21(32)15-29-9-11-31(12-10-29)20-13-19(27-16-28-20)30-7-5-22(24,25)6-8-30/h1-4,13,16H,5-12,14-15H2,(H,26,32). The number of amides is 1. The van der Waals surface area contributed by atoms with E-state index in [-0.39, 0.29) is 37.7 Å². The molecule has 0 atom stereocenters. The second-order valence-corrected chi connectivity index (χ2v) is 8.24. The third-order valence-electron chi connectivity index (χ3n) is 5.92. The van der Waals surface area contributed by atoms with E-state index in [4.69, 9.17) is 0 Å². The fraction of sp³-hybridized carbons (Fsp3) is 0.500. The second-order valence-electron chi connectivity index (χ2n) is 8.24. The number of carbonyl (C=O) groups excluding carboxylic acids is 1. The first kappa shape index (κ1) is 22.3. The van der Waals surface area contributed by atoms with Crippen molar-refractivity contribution in [2.24, 2.45) is 0 Å². The maximum atomic E-state index is 13.4. The number of alkyl halides is 2. The molecule has 4 rings (SSSR count). The van der Waals surface area contributed by atoms with Crippen LogP contribution in [-0.2, 0) is 11.3 Å². The van der Waals surface area contributed by atoms with Crippen LogP contribution in [0.25, 0.3) is 0 Å². The summed E-state index contributed by atoms with van der Waals surface area (Å²) in [6.45, 7) is 4.06. The molecule has 0 bridgehead atoms. The molecule has 10 heteroatoms. The predicted molar refractivity (Wildman–Crippen MR) is 115 cm³/mol. The van der Waals surface area contributed by atoms with E-state index in [1.165, 1.54) is 18.5 Å². The summed E-state index contributed by atoms with van der Waals surface area (Å²) in [6, 6.07) is 7.91. The molecule has 0 radical (unpaired) electrons. The topological polar surface area (TPSA) is 64.6 Å². The third-order valence-corrected chi connectivity index (χ3v) is 5.92. The number of benzene rings is 1. The maximum Gasteiger partial charge on any atom is 0.251 e. The van der Waals surface area contributed by atoms with E-state index < -0.39 is 5.92 Å². The largest absolute Gasteiger partial charge is 0.356 e. The van der Waals surface area contributed by atoms with Crippen LogP contribution < -0.4 is 15.1 Å². The van der Waals surface area contributed by atoms with E-state index in [0.29, 0.717) is 45.1 Å². The Morgan fingerprint density at radius 3 is 2.16 bits per heavy atom. The molecule has 0 spiro atoms. The molecule has 1 aromatic carbocycles. The van der Waals surface area contributed by atoms with Crippen molar-refractivity contribution >= 4 is 17.5 Å². The minimum absolute atomic E-state index is 0.0750. The van der Waals surface area contributed by atoms with E-state index in [1.807, 2.05) is 11.0 Å². The van der Waals surface area contributed by atoms with Crippen LogP contribution in [0.2, 0.25) is 0 Å². The lowest BCUT2D eigenvalue weighted by Gasteiger charge is -2.36. The molecule has 1 aromatic heterocycles. The predicted octanol–water partition coefficient (Wildman–Crippen LogP) is 2.29. The van der Waals surface area contributed by atoms with Crippen LogP contribution in [0, 0.1) is 5.82 Å². The summed E-state index contributed by atoms with van der Waals surface area (Å²) in [6.07, 6.45) is 1.16. The van der Waals surface area contributed by atoms with Crippen molar-refractivity contribution in [2.75, 3.05) is 55.6 Å². The molecule has 172 valence electrons. The summed E-state index contributed by atoms with van der Waals surface area (Å²) in [5, 5.41) is 2.86. The minimum atomic E-state index is -2.59. The summed E-state index contributed by atoms with van der Waals surface area (Å²) in [5.74, 6) is -1.52. The molecule has 0 saturated carbocycles. The Morgan fingerprint density at radius 1 is 0.938 bits per heavy atom. The smallest absolute Gasteiger partial charge is 0.251 e. The zero-order chi connectivity index (χ0) is 22.6. The van der Waals surface area contributed by atoms with Gasteiger partial charge in [0.25, 0.3) is 5.92 Å². The van der Waals surface area contributed by atoms with Gasteiger partial charge in [0.15, 0.2) is 0 Å². The lowest BCUT2D eigenvalue weighted by molar-refractivity contribution is -0.122. The lowest BCUT2D eigenvalue weighted by Crippen LogP contribution is -2.49. The Balaban J connectivity index is 1.24. The highest BCUT2D eigenvalue weighted by atomic mass is 19.3. The number of carbonyl (C=O) groups is 1. The Labute approximate surface area is 185 Å². The first-order valence-corrected chi connectivity index (χ1v) is 10.8. The van der Waals surface area contributed by atoms with Gasteiger partial charge in [-0.15, -0.1) is 0 Å². The van der Waals surface area contributed by atoms with Crippen molar-refractivity contribution in [3.63, 3.8) is 0 Å². The summed E-state index contributed by atoms with van der Waals surface area (Å²) >= 11 is 0. The number of hydrogen-bond donors (Lipinski definition) is 1. The molecule has 2 aliphatic heterocycles. The van der Waals surface area contributed by atoms with E-state index in [2.05, 4.69) is 25.1 Å². The number of piperidine rings is 1. The summed E-state index contributed by atoms with van der Waals surface area (Å²) in [7, 11) is 0. The molecule has 2 aromatic rings. The highest BCUT2D eigenvalue weighted by molar-refractivity contribution is 5.78. The summed E-state index contributed by atoms with van der Waals surface area (Å²) in [4.78, 5) is 27.0. The molecule has 2 saturated heterocycles. The fourth-order valence-corrected chi connectivity index (χ4v) is 3.94. The minimum Gasteiger partial charge on any atom is -0.356 e. The SMILES string of the molecule is O=C(CN1CCN(c2cc(N3CCC(F)(F)CC3)ncn2)CC1)NCc1ccc(F)cc1. The number of hydrogen-bond acceptors (Lipinski definition) is 6. The molecule has 1 amide bonds. The van der Waals surface area contributed by atoms with E-state index in [1.54, 1.807) is 12.1 Å². The molecule has 7 nitrogen and oxygen atoms in total. The molecule has 3 heterocycles. The number of rotatable bonds is 6. The van der Waals surface area contributed by atoms with Gasteiger partial charge in [0, 0.05) is 64.7 Å². The van der Waals surface area contributed by atoms with Gasteiger partial charge < -0.3 is 15.1 Å². The highest BCUT2D eigenvalue weighted by Crippen LogP contribution is 2.30. The van der Waals surface area contributed by atoms with Crippen molar-refractivity contribution in [1.29, 1.82) is 0 Å². The van der Waals surface area contributed by atoms with E-state index in [9.17, 15) is 18.0 Å². The Bertz CT molecular complexity index is 908. The van der Waals surface area contributed by atoms with Gasteiger partial charge in [-0.05, 0) is 17.7 Å². The average Bonchev–Trinajstić information content (AvgIpc) is 2.79. The van der Waals surface area contributed by atoms with Crippen LogP contribution in [0.4, 0.5) is 24.8 Å². The highest BCUT2D eigenvalue weighted by Gasteiger charge is 2.34. The third kappa shape index (κ3) is 5.87. The molecule has 1 N–H and O–H groups in total. The average molecular weight is 448 g/mol. The van der Waals surface area contributed by atoms with Crippen molar-refractivity contribution in [1.82, 2.24) is 20.2 Å². The number of aromatic nitrogens is 2. The van der Waals surface area contributed by atoms with Crippen molar-refractivity contribution in [3.8, 4) is 0 Å². The number of halogens is 3. The summed E-state index contributed by atoms with van der Waals surface area (Å²) in [5.41, 5.74) is 0.849. The van der Waals surface area contributed by atoms with Gasteiger partial charge >= 0.3 is 0 Å². The second kappa shape index (κ2) is 9.72. The number of nitrogens with one attached hydrogen (secondary N) is 1. The molecule has 32 heavy (non-hydrogen) atoms. The monoisotopic (exact) mass is 448 g/mol. The van der Waals surface area contributed by atoms with Gasteiger partial charge in [-0.1, -0.05) is 12.1 Å². The zero-order valence-corrected chi connectivity index (χ0v) is 17.8. The summed E-state index contributed by atoms with van der Waals surface area (Å²) < 4.78 is 39.8. The van der Waals surface area contributed by atoms with Crippen LogP contribution in [0.3, 0.4) is 0 Å². The first-order chi connectivity index (χ1) is 15.4. The maximum absolute atomic E-state index is 13.4. The van der Waals surface area contributed by atoms with Gasteiger partial charge in [0.05, 0.1) is 6.54 Å². The van der Waals surface area contributed by atoms with Crippen LogP contribution in [0.1, 0.15) is 18.4 Å². The van der Waals surface area contributed by atoms with E-state index >= 15 is 0 Å². The zero-order valence-electron chi connectivity index (χ0n) is 17.8. The molecular formula is C22H27F3N6O. The van der Waals surface area contributed by atoms with E-state index in [0.717, 1.165) is 11.4 Å². The van der Waals surface area contributed by atoms with Gasteiger partial charge in [-0.2, -0.15) is 0 Å². The fourth-order valence-electron chi connectivity index (χ4n) is 3.94. The van der Waals surface area contributed by atoms with Crippen molar-refractivity contribution in [2.45, 2.75) is 25.3 Å².